The van der Waals surface area contributed by atoms with Crippen LogP contribution in [0.5, 0.6) is 0 Å². The molecule has 116 valence electrons. The van der Waals surface area contributed by atoms with Gasteiger partial charge < -0.3 is 10.0 Å². The first-order valence-electron chi connectivity index (χ1n) is 7.14. The molecule has 0 fully saturated rings. The summed E-state index contributed by atoms with van der Waals surface area (Å²) in [6.07, 6.45) is 3.54. The van der Waals surface area contributed by atoms with Crippen LogP contribution in [0.15, 0.2) is 30.3 Å². The summed E-state index contributed by atoms with van der Waals surface area (Å²) in [5.41, 5.74) is 0.920. The molecule has 1 rings (SSSR count). The Labute approximate surface area is 134 Å². The first-order valence-corrected chi connectivity index (χ1v) is 8.26. The van der Waals surface area contributed by atoms with Gasteiger partial charge in [-0.15, -0.1) is 0 Å². The van der Waals surface area contributed by atoms with Gasteiger partial charge in [0.25, 0.3) is 0 Å². The molecule has 0 bridgehead atoms. The highest BCUT2D eigenvalue weighted by Gasteiger charge is 2.26. The van der Waals surface area contributed by atoms with Crippen LogP contribution in [0.1, 0.15) is 31.2 Å². The van der Waals surface area contributed by atoms with Crippen LogP contribution in [0, 0.1) is 0 Å². The molecule has 5 heteroatoms. The van der Waals surface area contributed by atoms with E-state index in [-0.39, 0.29) is 5.91 Å². The SMILES string of the molecule is CN(C(=O)CCCCCBr)[C@@H](Cc1ccccc1)C(=O)O. The van der Waals surface area contributed by atoms with Gasteiger partial charge in [0, 0.05) is 25.2 Å². The predicted molar refractivity (Wildman–Crippen MR) is 86.6 cm³/mol. The van der Waals surface area contributed by atoms with E-state index in [9.17, 15) is 14.7 Å². The Morgan fingerprint density at radius 3 is 2.43 bits per heavy atom. The van der Waals surface area contributed by atoms with Gasteiger partial charge in [0.15, 0.2) is 0 Å². The number of carboxylic acids is 1. The second-order valence-corrected chi connectivity index (χ2v) is 5.84. The van der Waals surface area contributed by atoms with Crippen LogP contribution in [0.3, 0.4) is 0 Å². The van der Waals surface area contributed by atoms with E-state index >= 15 is 0 Å². The van der Waals surface area contributed by atoms with Gasteiger partial charge >= 0.3 is 5.97 Å². The average molecular weight is 356 g/mol. The fraction of sp³-hybridized carbons (Fsp3) is 0.500. The van der Waals surface area contributed by atoms with E-state index in [0.717, 1.165) is 30.2 Å². The summed E-state index contributed by atoms with van der Waals surface area (Å²) in [5.74, 6) is -1.07. The lowest BCUT2D eigenvalue weighted by Crippen LogP contribution is -2.43. The number of carboxylic acid groups (broad SMARTS) is 1. The van der Waals surface area contributed by atoms with Gasteiger partial charge in [-0.05, 0) is 18.4 Å². The second kappa shape index (κ2) is 9.55. The van der Waals surface area contributed by atoms with Gasteiger partial charge in [0.1, 0.15) is 6.04 Å². The van der Waals surface area contributed by atoms with Gasteiger partial charge in [-0.25, -0.2) is 4.79 Å². The van der Waals surface area contributed by atoms with Gasteiger partial charge in [-0.2, -0.15) is 0 Å². The Morgan fingerprint density at radius 2 is 1.86 bits per heavy atom. The summed E-state index contributed by atoms with van der Waals surface area (Å²) in [6.45, 7) is 0. The Bertz CT molecular complexity index is 450. The van der Waals surface area contributed by atoms with Crippen LogP contribution < -0.4 is 0 Å². The molecule has 0 spiro atoms. The van der Waals surface area contributed by atoms with Crippen LogP contribution in [0.25, 0.3) is 0 Å². The van der Waals surface area contributed by atoms with E-state index in [4.69, 9.17) is 0 Å². The summed E-state index contributed by atoms with van der Waals surface area (Å²) in [5, 5.41) is 10.3. The molecular weight excluding hydrogens is 334 g/mol. The van der Waals surface area contributed by atoms with Crippen molar-refractivity contribution in [3.05, 3.63) is 35.9 Å². The number of carbonyl (C=O) groups is 2. The van der Waals surface area contributed by atoms with Crippen LogP contribution in [0.2, 0.25) is 0 Å². The summed E-state index contributed by atoms with van der Waals surface area (Å²) < 4.78 is 0. The fourth-order valence-corrected chi connectivity index (χ4v) is 2.52. The Balaban J connectivity index is 2.58. The molecule has 1 aromatic carbocycles. The summed E-state index contributed by atoms with van der Waals surface area (Å²) >= 11 is 3.35. The number of benzene rings is 1. The van der Waals surface area contributed by atoms with E-state index < -0.39 is 12.0 Å². The highest BCUT2D eigenvalue weighted by Crippen LogP contribution is 2.11. The molecule has 1 amide bonds. The molecule has 0 aliphatic heterocycles. The third-order valence-corrected chi connectivity index (χ3v) is 4.00. The predicted octanol–water partition coefficient (Wildman–Crippen LogP) is 3.10. The average Bonchev–Trinajstić information content (AvgIpc) is 2.49. The van der Waals surface area contributed by atoms with Gasteiger partial charge in [-0.1, -0.05) is 52.7 Å². The number of hydrogen-bond acceptors (Lipinski definition) is 2. The lowest BCUT2D eigenvalue weighted by atomic mass is 10.0. The molecule has 0 unspecified atom stereocenters. The third-order valence-electron chi connectivity index (χ3n) is 3.44. The quantitative estimate of drug-likeness (QED) is 0.546. The zero-order valence-corrected chi connectivity index (χ0v) is 13.9. The largest absolute Gasteiger partial charge is 0.480 e. The summed E-state index contributed by atoms with van der Waals surface area (Å²) in [4.78, 5) is 24.9. The Morgan fingerprint density at radius 1 is 1.19 bits per heavy atom. The molecule has 0 saturated carbocycles. The second-order valence-electron chi connectivity index (χ2n) is 5.05. The molecule has 0 aliphatic rings. The molecule has 1 atom stereocenters. The van der Waals surface area contributed by atoms with Crippen molar-refractivity contribution in [1.82, 2.24) is 4.90 Å². The Kier molecular flexibility index (Phi) is 8.05. The molecule has 0 radical (unpaired) electrons. The zero-order valence-electron chi connectivity index (χ0n) is 12.3. The van der Waals surface area contributed by atoms with Crippen molar-refractivity contribution >= 4 is 27.8 Å². The van der Waals surface area contributed by atoms with Crippen molar-refractivity contribution in [2.45, 2.75) is 38.1 Å². The van der Waals surface area contributed by atoms with Crippen LogP contribution >= 0.6 is 15.9 Å². The minimum atomic E-state index is -0.963. The minimum Gasteiger partial charge on any atom is -0.480 e. The number of halogens is 1. The van der Waals surface area contributed by atoms with E-state index in [1.807, 2.05) is 30.3 Å². The van der Waals surface area contributed by atoms with Gasteiger partial charge in [0.05, 0.1) is 0 Å². The lowest BCUT2D eigenvalue weighted by molar-refractivity contribution is -0.149. The standard InChI is InChI=1S/C16H22BrNO3/c1-18(15(19)10-6-3-7-11-17)14(16(20)21)12-13-8-4-2-5-9-13/h2,4-5,8-9,14H,3,6-7,10-12H2,1H3,(H,20,21)/t14-/m0/s1. The number of rotatable bonds is 9. The number of nitrogens with zero attached hydrogens (tertiary/aromatic N) is 1. The third kappa shape index (κ3) is 6.29. The number of carbonyl (C=O) groups excluding carboxylic acids is 1. The molecule has 0 aromatic heterocycles. The maximum absolute atomic E-state index is 12.1. The molecule has 0 heterocycles. The van der Waals surface area contributed by atoms with Gasteiger partial charge in [-0.3, -0.25) is 4.79 Å². The molecule has 4 nitrogen and oxygen atoms in total. The van der Waals surface area contributed by atoms with Crippen molar-refractivity contribution in [2.24, 2.45) is 0 Å². The number of likely N-dealkylation sites (N-methyl/N-ethyl adjacent to an activating group) is 1. The summed E-state index contributed by atoms with van der Waals surface area (Å²) in [6, 6.07) is 8.58. The smallest absolute Gasteiger partial charge is 0.326 e. The van der Waals surface area contributed by atoms with Crippen LogP contribution in [-0.4, -0.2) is 40.3 Å². The van der Waals surface area contributed by atoms with E-state index in [0.29, 0.717) is 12.8 Å². The monoisotopic (exact) mass is 355 g/mol. The van der Waals surface area contributed by atoms with Crippen molar-refractivity contribution in [1.29, 1.82) is 0 Å². The Hall–Kier alpha value is -1.36. The van der Waals surface area contributed by atoms with Crippen molar-refractivity contribution < 1.29 is 14.7 Å². The van der Waals surface area contributed by atoms with E-state index in [2.05, 4.69) is 15.9 Å². The molecule has 0 aliphatic carbocycles. The minimum absolute atomic E-state index is 0.104. The number of unbranched alkanes of at least 4 members (excludes halogenated alkanes) is 2. The lowest BCUT2D eigenvalue weighted by Gasteiger charge is -2.25. The van der Waals surface area contributed by atoms with Gasteiger partial charge in [0.2, 0.25) is 5.91 Å². The molecule has 1 N–H and O–H groups in total. The number of amides is 1. The summed E-state index contributed by atoms with van der Waals surface area (Å²) in [7, 11) is 1.58. The van der Waals surface area contributed by atoms with Crippen LogP contribution in [0.4, 0.5) is 0 Å². The zero-order chi connectivity index (χ0) is 15.7. The van der Waals surface area contributed by atoms with E-state index in [1.54, 1.807) is 7.05 Å². The molecule has 0 saturated heterocycles. The number of aliphatic carboxylic acids is 1. The maximum Gasteiger partial charge on any atom is 0.326 e. The molecule has 1 aromatic rings. The van der Waals surface area contributed by atoms with Crippen molar-refractivity contribution in [2.75, 3.05) is 12.4 Å². The van der Waals surface area contributed by atoms with Crippen molar-refractivity contribution in [3.8, 4) is 0 Å². The normalized spacial score (nSPS) is 11.9. The first kappa shape index (κ1) is 17.7. The molecular formula is C16H22BrNO3. The van der Waals surface area contributed by atoms with Crippen molar-refractivity contribution in [3.63, 3.8) is 0 Å². The van der Waals surface area contributed by atoms with E-state index in [1.165, 1.54) is 4.90 Å². The highest BCUT2D eigenvalue weighted by atomic mass is 79.9. The topological polar surface area (TPSA) is 57.6 Å². The van der Waals surface area contributed by atoms with Crippen LogP contribution in [-0.2, 0) is 16.0 Å². The maximum atomic E-state index is 12.1. The first-order chi connectivity index (χ1) is 10.1. The molecule has 21 heavy (non-hydrogen) atoms. The number of hydrogen-bond donors (Lipinski definition) is 1. The highest BCUT2D eigenvalue weighted by molar-refractivity contribution is 9.09. The fourth-order valence-electron chi connectivity index (χ4n) is 2.12. The number of alkyl halides is 1.